The van der Waals surface area contributed by atoms with E-state index in [0.29, 0.717) is 12.8 Å². The molecule has 21 heavy (non-hydrogen) atoms. The van der Waals surface area contributed by atoms with Gasteiger partial charge in [-0.2, -0.15) is 17.5 Å². The summed E-state index contributed by atoms with van der Waals surface area (Å²) in [5.74, 6) is 0. The van der Waals surface area contributed by atoms with Crippen LogP contribution in [0.5, 0.6) is 0 Å². The molecule has 1 aliphatic heterocycles. The van der Waals surface area contributed by atoms with E-state index in [2.05, 4.69) is 0 Å². The van der Waals surface area contributed by atoms with Gasteiger partial charge in [0, 0.05) is 12.6 Å². The second-order valence-electron chi connectivity index (χ2n) is 4.94. The Labute approximate surface area is 121 Å². The first-order valence-electron chi connectivity index (χ1n) is 6.57. The Balaban J connectivity index is 2.49. The van der Waals surface area contributed by atoms with E-state index in [4.69, 9.17) is 0 Å². The molecule has 1 aliphatic rings. The number of hydrogen-bond donors (Lipinski definition) is 1. The molecule has 0 unspecified atom stereocenters. The summed E-state index contributed by atoms with van der Waals surface area (Å²) in [5.41, 5.74) is -1.17. The number of hydrogen-bond acceptors (Lipinski definition) is 3. The molecule has 0 bridgehead atoms. The van der Waals surface area contributed by atoms with Gasteiger partial charge >= 0.3 is 6.18 Å². The zero-order chi connectivity index (χ0) is 15.7. The second kappa shape index (κ2) is 5.94. The molecule has 0 saturated carbocycles. The highest BCUT2D eigenvalue weighted by atomic mass is 32.2. The third-order valence-electron chi connectivity index (χ3n) is 3.56. The minimum atomic E-state index is -4.74. The van der Waals surface area contributed by atoms with Crippen molar-refractivity contribution in [2.75, 3.05) is 13.2 Å². The van der Waals surface area contributed by atoms with Crippen LogP contribution in [-0.2, 0) is 16.2 Å². The van der Waals surface area contributed by atoms with Crippen LogP contribution < -0.4 is 0 Å². The smallest absolute Gasteiger partial charge is 0.395 e. The minimum Gasteiger partial charge on any atom is -0.395 e. The predicted octanol–water partition coefficient (Wildman–Crippen LogP) is 2.24. The Morgan fingerprint density at radius 3 is 2.52 bits per heavy atom. The summed E-state index contributed by atoms with van der Waals surface area (Å²) in [6.45, 7) is -0.271. The fourth-order valence-electron chi connectivity index (χ4n) is 2.53. The van der Waals surface area contributed by atoms with E-state index in [1.165, 1.54) is 6.07 Å². The van der Waals surface area contributed by atoms with Crippen molar-refractivity contribution in [1.82, 2.24) is 4.31 Å². The minimum absolute atomic E-state index is 0.125. The topological polar surface area (TPSA) is 57.6 Å². The summed E-state index contributed by atoms with van der Waals surface area (Å²) in [6, 6.07) is 3.47. The van der Waals surface area contributed by atoms with E-state index in [0.717, 1.165) is 28.9 Å². The van der Waals surface area contributed by atoms with Gasteiger partial charge in [0.2, 0.25) is 10.0 Å². The second-order valence-corrected chi connectivity index (χ2v) is 6.80. The predicted molar refractivity (Wildman–Crippen MR) is 70.1 cm³/mol. The highest BCUT2D eigenvalue weighted by Crippen LogP contribution is 2.36. The number of halogens is 3. The van der Waals surface area contributed by atoms with Gasteiger partial charge in [0.05, 0.1) is 17.1 Å². The van der Waals surface area contributed by atoms with E-state index in [-0.39, 0.29) is 6.54 Å². The van der Waals surface area contributed by atoms with E-state index in [1.54, 1.807) is 0 Å². The summed E-state index contributed by atoms with van der Waals surface area (Å²) in [6.07, 6.45) is -2.97. The van der Waals surface area contributed by atoms with Crippen LogP contribution in [0, 0.1) is 0 Å². The Kier molecular flexibility index (Phi) is 4.60. The third kappa shape index (κ3) is 3.22. The highest BCUT2D eigenvalue weighted by molar-refractivity contribution is 7.89. The third-order valence-corrected chi connectivity index (χ3v) is 5.57. The summed E-state index contributed by atoms with van der Waals surface area (Å²) in [5, 5.41) is 9.27. The van der Waals surface area contributed by atoms with Crippen molar-refractivity contribution in [3.8, 4) is 0 Å². The summed E-state index contributed by atoms with van der Waals surface area (Å²) in [7, 11) is -4.28. The molecule has 0 amide bonds. The molecule has 1 aromatic rings. The molecule has 8 heteroatoms. The average molecular weight is 323 g/mol. The fourth-order valence-corrected chi connectivity index (χ4v) is 4.42. The Hall–Kier alpha value is -1.12. The van der Waals surface area contributed by atoms with Gasteiger partial charge in [0.15, 0.2) is 0 Å². The van der Waals surface area contributed by atoms with Crippen LogP contribution in [0.25, 0.3) is 0 Å². The average Bonchev–Trinajstić information content (AvgIpc) is 2.46. The normalized spacial score (nSPS) is 21.4. The highest BCUT2D eigenvalue weighted by Gasteiger charge is 2.40. The Morgan fingerprint density at radius 2 is 1.90 bits per heavy atom. The number of nitrogens with zero attached hydrogens (tertiary/aromatic N) is 1. The maximum Gasteiger partial charge on any atom is 0.417 e. The summed E-state index contributed by atoms with van der Waals surface area (Å²) in [4.78, 5) is -0.752. The molecule has 0 radical (unpaired) electrons. The van der Waals surface area contributed by atoms with Crippen LogP contribution in [0.15, 0.2) is 29.2 Å². The lowest BCUT2D eigenvalue weighted by Crippen LogP contribution is -2.45. The fraction of sp³-hybridized carbons (Fsp3) is 0.538. The SMILES string of the molecule is O=S(=O)(c1ccccc1C(F)(F)F)N1CCCC[C@H]1CO. The molecule has 1 atom stereocenters. The number of rotatable bonds is 3. The van der Waals surface area contributed by atoms with Crippen LogP contribution in [-0.4, -0.2) is 37.0 Å². The lowest BCUT2D eigenvalue weighted by Gasteiger charge is -2.34. The van der Waals surface area contributed by atoms with Crippen LogP contribution in [0.4, 0.5) is 13.2 Å². The van der Waals surface area contributed by atoms with Crippen molar-refractivity contribution in [2.24, 2.45) is 0 Å². The Bertz CT molecular complexity index is 601. The molecule has 1 N–H and O–H groups in total. The van der Waals surface area contributed by atoms with Gasteiger partial charge in [-0.25, -0.2) is 8.42 Å². The Morgan fingerprint density at radius 1 is 1.24 bits per heavy atom. The molecule has 1 heterocycles. The molecule has 0 aliphatic carbocycles. The molecule has 1 fully saturated rings. The van der Waals surface area contributed by atoms with Gasteiger partial charge in [-0.15, -0.1) is 0 Å². The monoisotopic (exact) mass is 323 g/mol. The molecule has 0 aromatic heterocycles. The molecular formula is C13H16F3NO3S. The maximum atomic E-state index is 13.0. The van der Waals surface area contributed by atoms with Gasteiger partial charge in [0.25, 0.3) is 0 Å². The molecule has 4 nitrogen and oxygen atoms in total. The number of aliphatic hydroxyl groups excluding tert-OH is 1. The van der Waals surface area contributed by atoms with Crippen molar-refractivity contribution in [2.45, 2.75) is 36.4 Å². The zero-order valence-corrected chi connectivity index (χ0v) is 12.0. The van der Waals surface area contributed by atoms with E-state index in [9.17, 15) is 26.7 Å². The number of sulfonamides is 1. The maximum absolute atomic E-state index is 13.0. The molecule has 2 rings (SSSR count). The number of aliphatic hydroxyl groups is 1. The zero-order valence-electron chi connectivity index (χ0n) is 11.2. The summed E-state index contributed by atoms with van der Waals surface area (Å²) < 4.78 is 65.0. The van der Waals surface area contributed by atoms with Gasteiger partial charge in [-0.1, -0.05) is 18.6 Å². The van der Waals surface area contributed by atoms with Crippen molar-refractivity contribution in [3.63, 3.8) is 0 Å². The van der Waals surface area contributed by atoms with Gasteiger partial charge < -0.3 is 5.11 Å². The van der Waals surface area contributed by atoms with Gasteiger partial charge in [-0.05, 0) is 25.0 Å². The largest absolute Gasteiger partial charge is 0.417 e. The van der Waals surface area contributed by atoms with E-state index >= 15 is 0 Å². The van der Waals surface area contributed by atoms with Crippen LogP contribution >= 0.6 is 0 Å². The molecule has 0 spiro atoms. The van der Waals surface area contributed by atoms with E-state index < -0.39 is 39.3 Å². The molecular weight excluding hydrogens is 307 g/mol. The van der Waals surface area contributed by atoms with Crippen LogP contribution in [0.2, 0.25) is 0 Å². The quantitative estimate of drug-likeness (QED) is 0.928. The first kappa shape index (κ1) is 16.3. The first-order chi connectivity index (χ1) is 9.78. The lowest BCUT2D eigenvalue weighted by molar-refractivity contribution is -0.139. The van der Waals surface area contributed by atoms with Crippen molar-refractivity contribution in [3.05, 3.63) is 29.8 Å². The first-order valence-corrected chi connectivity index (χ1v) is 8.01. The molecule has 1 saturated heterocycles. The summed E-state index contributed by atoms with van der Waals surface area (Å²) >= 11 is 0. The van der Waals surface area contributed by atoms with Crippen LogP contribution in [0.3, 0.4) is 0 Å². The standard InChI is InChI=1S/C13H16F3NO3S/c14-13(15,16)11-6-1-2-7-12(11)21(19,20)17-8-4-3-5-10(17)9-18/h1-2,6-7,10,18H,3-5,8-9H2/t10-/m0/s1. The number of benzene rings is 1. The van der Waals surface area contributed by atoms with Gasteiger partial charge in [-0.3, -0.25) is 0 Å². The van der Waals surface area contributed by atoms with Crippen LogP contribution in [0.1, 0.15) is 24.8 Å². The number of piperidine rings is 1. The van der Waals surface area contributed by atoms with Gasteiger partial charge in [0.1, 0.15) is 0 Å². The van der Waals surface area contributed by atoms with Crippen molar-refractivity contribution >= 4 is 10.0 Å². The number of alkyl halides is 3. The van der Waals surface area contributed by atoms with E-state index in [1.807, 2.05) is 0 Å². The lowest BCUT2D eigenvalue weighted by atomic mass is 10.1. The molecule has 1 aromatic carbocycles. The molecule has 118 valence electrons. The van der Waals surface area contributed by atoms with Crippen molar-refractivity contribution in [1.29, 1.82) is 0 Å². The van der Waals surface area contributed by atoms with Crippen molar-refractivity contribution < 1.29 is 26.7 Å².